The molecule has 1 atom stereocenters. The third-order valence-electron chi connectivity index (χ3n) is 2.97. The zero-order chi connectivity index (χ0) is 13.0. The zero-order valence-electron chi connectivity index (χ0n) is 11.2. The Morgan fingerprint density at radius 1 is 1.39 bits per heavy atom. The molecule has 18 heavy (non-hydrogen) atoms. The Hall–Kier alpha value is -1.29. The summed E-state index contributed by atoms with van der Waals surface area (Å²) >= 11 is 1.69. The van der Waals surface area contributed by atoms with Gasteiger partial charge in [-0.05, 0) is 31.0 Å². The van der Waals surface area contributed by atoms with Crippen molar-refractivity contribution in [2.75, 3.05) is 18.5 Å². The van der Waals surface area contributed by atoms with Crippen LogP contribution in [-0.2, 0) is 0 Å². The molecule has 0 aliphatic heterocycles. The van der Waals surface area contributed by atoms with Crippen molar-refractivity contribution in [1.29, 1.82) is 0 Å². The average molecular weight is 264 g/mol. The normalized spacial score (nSPS) is 12.6. The highest BCUT2D eigenvalue weighted by Crippen LogP contribution is 2.29. The predicted molar refractivity (Wildman–Crippen MR) is 78.7 cm³/mol. The van der Waals surface area contributed by atoms with Crippen LogP contribution in [0, 0.1) is 5.92 Å². The van der Waals surface area contributed by atoms with Crippen molar-refractivity contribution in [2.24, 2.45) is 5.92 Å². The molecule has 98 valence electrons. The minimum atomic E-state index is 0.677. The minimum Gasteiger partial charge on any atom is -0.494 e. The molecule has 1 aromatic heterocycles. The zero-order valence-corrected chi connectivity index (χ0v) is 12.0. The maximum absolute atomic E-state index is 5.50. The number of rotatable bonds is 6. The number of benzene rings is 1. The first-order valence-corrected chi connectivity index (χ1v) is 7.31. The molecule has 0 bridgehead atoms. The number of nitrogens with one attached hydrogen (secondary N) is 1. The smallest absolute Gasteiger partial charge is 0.183 e. The molecule has 1 unspecified atom stereocenters. The summed E-state index contributed by atoms with van der Waals surface area (Å²) in [6.07, 6.45) is 1.19. The molecule has 2 rings (SSSR count). The first-order chi connectivity index (χ1) is 8.72. The van der Waals surface area contributed by atoms with E-state index in [-0.39, 0.29) is 0 Å². The molecule has 0 aliphatic carbocycles. The lowest BCUT2D eigenvalue weighted by molar-refractivity contribution is 0.341. The van der Waals surface area contributed by atoms with Crippen molar-refractivity contribution in [3.05, 3.63) is 18.2 Å². The van der Waals surface area contributed by atoms with Gasteiger partial charge in [-0.3, -0.25) is 0 Å². The molecule has 0 aliphatic rings. The van der Waals surface area contributed by atoms with Gasteiger partial charge in [-0.25, -0.2) is 4.98 Å². The van der Waals surface area contributed by atoms with Gasteiger partial charge in [0.15, 0.2) is 5.13 Å². The lowest BCUT2D eigenvalue weighted by atomic mass is 10.1. The summed E-state index contributed by atoms with van der Waals surface area (Å²) < 4.78 is 6.67. The van der Waals surface area contributed by atoms with Gasteiger partial charge in [-0.2, -0.15) is 0 Å². The summed E-state index contributed by atoms with van der Waals surface area (Å²) in [7, 11) is 0. The fourth-order valence-corrected chi connectivity index (χ4v) is 2.54. The molecule has 3 nitrogen and oxygen atoms in total. The number of hydrogen-bond donors (Lipinski definition) is 1. The second kappa shape index (κ2) is 6.05. The van der Waals surface area contributed by atoms with Crippen LogP contribution in [0.4, 0.5) is 5.13 Å². The van der Waals surface area contributed by atoms with Gasteiger partial charge in [0.25, 0.3) is 0 Å². The van der Waals surface area contributed by atoms with Crippen molar-refractivity contribution in [3.63, 3.8) is 0 Å². The third-order valence-corrected chi connectivity index (χ3v) is 3.95. The summed E-state index contributed by atoms with van der Waals surface area (Å²) in [4.78, 5) is 4.57. The molecule has 0 amide bonds. The Bertz CT molecular complexity index is 509. The van der Waals surface area contributed by atoms with E-state index in [1.54, 1.807) is 11.3 Å². The van der Waals surface area contributed by atoms with Crippen LogP contribution >= 0.6 is 11.3 Å². The summed E-state index contributed by atoms with van der Waals surface area (Å²) in [6, 6.07) is 6.06. The first-order valence-electron chi connectivity index (χ1n) is 6.50. The molecule has 0 radical (unpaired) electrons. The molecule has 0 spiro atoms. The Balaban J connectivity index is 2.11. The molecular formula is C14H20N2OS. The van der Waals surface area contributed by atoms with E-state index >= 15 is 0 Å². The van der Waals surface area contributed by atoms with E-state index < -0.39 is 0 Å². The maximum Gasteiger partial charge on any atom is 0.183 e. The predicted octanol–water partition coefficient (Wildman–Crippen LogP) is 4.15. The molecule has 1 heterocycles. The molecule has 1 N–H and O–H groups in total. The Kier molecular flexibility index (Phi) is 4.42. The Morgan fingerprint density at radius 3 is 2.94 bits per heavy atom. The van der Waals surface area contributed by atoms with Crippen molar-refractivity contribution >= 4 is 26.7 Å². The summed E-state index contributed by atoms with van der Waals surface area (Å²) in [5, 5.41) is 4.40. The van der Waals surface area contributed by atoms with Crippen molar-refractivity contribution in [1.82, 2.24) is 4.98 Å². The first kappa shape index (κ1) is 13.1. The number of ether oxygens (including phenoxy) is 1. The van der Waals surface area contributed by atoms with Crippen LogP contribution in [-0.4, -0.2) is 18.1 Å². The van der Waals surface area contributed by atoms with E-state index in [9.17, 15) is 0 Å². The number of thiazole rings is 1. The summed E-state index contributed by atoms with van der Waals surface area (Å²) in [5.74, 6) is 1.60. The molecule has 4 heteroatoms. The summed E-state index contributed by atoms with van der Waals surface area (Å²) in [6.45, 7) is 8.13. The fraction of sp³-hybridized carbons (Fsp3) is 0.500. The van der Waals surface area contributed by atoms with Gasteiger partial charge in [0.05, 0.1) is 16.8 Å². The molecule has 1 aromatic carbocycles. The van der Waals surface area contributed by atoms with E-state index in [2.05, 4.69) is 30.2 Å². The van der Waals surface area contributed by atoms with E-state index in [1.165, 1.54) is 11.1 Å². The number of anilines is 1. The van der Waals surface area contributed by atoms with Gasteiger partial charge in [0, 0.05) is 6.54 Å². The van der Waals surface area contributed by atoms with Crippen LogP contribution in [0.25, 0.3) is 10.2 Å². The van der Waals surface area contributed by atoms with Gasteiger partial charge in [0.1, 0.15) is 5.75 Å². The van der Waals surface area contributed by atoms with Crippen molar-refractivity contribution in [3.8, 4) is 5.75 Å². The lowest BCUT2D eigenvalue weighted by Gasteiger charge is -2.07. The number of nitrogens with zero attached hydrogens (tertiary/aromatic N) is 1. The highest BCUT2D eigenvalue weighted by molar-refractivity contribution is 7.22. The maximum atomic E-state index is 5.50. The van der Waals surface area contributed by atoms with Crippen LogP contribution in [0.2, 0.25) is 0 Å². The monoisotopic (exact) mass is 264 g/mol. The van der Waals surface area contributed by atoms with Crippen molar-refractivity contribution in [2.45, 2.75) is 27.2 Å². The van der Waals surface area contributed by atoms with E-state index in [0.29, 0.717) is 12.5 Å². The average Bonchev–Trinajstić information content (AvgIpc) is 2.78. The second-order valence-corrected chi connectivity index (χ2v) is 5.51. The number of fused-ring (bicyclic) bond motifs is 1. The summed E-state index contributed by atoms with van der Waals surface area (Å²) in [5.41, 5.74) is 1.04. The SMILES string of the molecule is CCOc1ccc2nc(NCC(C)CC)sc2c1. The Labute approximate surface area is 112 Å². The van der Waals surface area contributed by atoms with Gasteiger partial charge in [-0.15, -0.1) is 0 Å². The van der Waals surface area contributed by atoms with E-state index in [0.717, 1.165) is 22.9 Å². The second-order valence-electron chi connectivity index (χ2n) is 4.48. The van der Waals surface area contributed by atoms with E-state index in [1.807, 2.05) is 19.1 Å². The molecule has 0 saturated heterocycles. The number of hydrogen-bond acceptors (Lipinski definition) is 4. The van der Waals surface area contributed by atoms with Crippen LogP contribution < -0.4 is 10.1 Å². The molecule has 2 aromatic rings. The molecule has 0 saturated carbocycles. The van der Waals surface area contributed by atoms with Gasteiger partial charge in [0.2, 0.25) is 0 Å². The minimum absolute atomic E-state index is 0.677. The quantitative estimate of drug-likeness (QED) is 0.851. The lowest BCUT2D eigenvalue weighted by Crippen LogP contribution is -2.09. The van der Waals surface area contributed by atoms with Crippen molar-refractivity contribution < 1.29 is 4.74 Å². The molecule has 0 fully saturated rings. The van der Waals surface area contributed by atoms with Crippen LogP contribution in [0.5, 0.6) is 5.75 Å². The number of aromatic nitrogens is 1. The standard InChI is InChI=1S/C14H20N2OS/c1-4-10(3)9-15-14-16-12-7-6-11(17-5-2)8-13(12)18-14/h6-8,10H,4-5,9H2,1-3H3,(H,15,16). The fourth-order valence-electron chi connectivity index (χ4n) is 1.64. The van der Waals surface area contributed by atoms with Gasteiger partial charge >= 0.3 is 0 Å². The molecular weight excluding hydrogens is 244 g/mol. The largest absolute Gasteiger partial charge is 0.494 e. The van der Waals surface area contributed by atoms with Crippen LogP contribution in [0.15, 0.2) is 18.2 Å². The van der Waals surface area contributed by atoms with Gasteiger partial charge < -0.3 is 10.1 Å². The van der Waals surface area contributed by atoms with Gasteiger partial charge in [-0.1, -0.05) is 31.6 Å². The van der Waals surface area contributed by atoms with Crippen LogP contribution in [0.1, 0.15) is 27.2 Å². The highest BCUT2D eigenvalue weighted by Gasteiger charge is 2.06. The third kappa shape index (κ3) is 3.13. The van der Waals surface area contributed by atoms with Crippen LogP contribution in [0.3, 0.4) is 0 Å². The van der Waals surface area contributed by atoms with E-state index in [4.69, 9.17) is 4.74 Å². The Morgan fingerprint density at radius 2 is 2.22 bits per heavy atom. The topological polar surface area (TPSA) is 34.1 Å². The highest BCUT2D eigenvalue weighted by atomic mass is 32.1.